The first-order valence-corrected chi connectivity index (χ1v) is 27.2. The minimum Gasteiger partial charge on any atom is -0.310 e. The van der Waals surface area contributed by atoms with E-state index >= 15 is 0 Å². The lowest BCUT2D eigenvalue weighted by Gasteiger charge is -2.46. The largest absolute Gasteiger partial charge is 0.310 e. The number of aryl methyl sites for hydroxylation is 2. The Morgan fingerprint density at radius 3 is 0.920 bits per heavy atom. The van der Waals surface area contributed by atoms with Gasteiger partial charge in [0.05, 0.1) is 11.4 Å². The normalized spacial score (nSPS) is 13.4. The molecule has 11 rings (SSSR count). The number of fused-ring (bicyclic) bond motifs is 4. The van der Waals surface area contributed by atoms with E-state index in [0.29, 0.717) is 0 Å². The molecule has 9 aromatic carbocycles. The highest BCUT2D eigenvalue weighted by molar-refractivity contribution is 7.00. The molecular formula is C72H73BN2. The Morgan fingerprint density at radius 1 is 0.293 bits per heavy atom. The number of hydrogen-bond acceptors (Lipinski definition) is 2. The summed E-state index contributed by atoms with van der Waals surface area (Å²) in [6, 6.07) is 72.5. The van der Waals surface area contributed by atoms with Crippen molar-refractivity contribution in [2.75, 3.05) is 9.80 Å². The summed E-state index contributed by atoms with van der Waals surface area (Å²) in [6.45, 7) is 32.4. The fourth-order valence-corrected chi connectivity index (χ4v) is 11.8. The van der Waals surface area contributed by atoms with Crippen LogP contribution in [0.4, 0.5) is 34.1 Å². The molecule has 0 fully saturated rings. The zero-order chi connectivity index (χ0) is 52.9. The zero-order valence-corrected chi connectivity index (χ0v) is 46.9. The Morgan fingerprint density at radius 2 is 0.600 bits per heavy atom. The van der Waals surface area contributed by atoms with Gasteiger partial charge in [0, 0.05) is 45.0 Å². The van der Waals surface area contributed by atoms with Crippen LogP contribution in [0, 0.1) is 13.8 Å². The van der Waals surface area contributed by atoms with E-state index in [-0.39, 0.29) is 28.4 Å². The second-order valence-corrected chi connectivity index (χ2v) is 25.7. The summed E-state index contributed by atoms with van der Waals surface area (Å²) in [4.78, 5) is 5.31. The predicted molar refractivity (Wildman–Crippen MR) is 326 cm³/mol. The summed E-state index contributed by atoms with van der Waals surface area (Å²) in [5.41, 5.74) is 28.5. The van der Waals surface area contributed by atoms with Crippen molar-refractivity contribution >= 4 is 57.2 Å². The molecule has 374 valence electrons. The van der Waals surface area contributed by atoms with Gasteiger partial charge in [0.1, 0.15) is 0 Å². The molecule has 0 spiro atoms. The van der Waals surface area contributed by atoms with Crippen LogP contribution in [0.3, 0.4) is 0 Å². The third-order valence-electron chi connectivity index (χ3n) is 16.0. The lowest BCUT2D eigenvalue weighted by molar-refractivity contribution is 0.590. The molecule has 2 aliphatic heterocycles. The highest BCUT2D eigenvalue weighted by atomic mass is 15.2. The van der Waals surface area contributed by atoms with Gasteiger partial charge >= 0.3 is 0 Å². The third kappa shape index (κ3) is 8.93. The van der Waals surface area contributed by atoms with E-state index in [9.17, 15) is 0 Å². The van der Waals surface area contributed by atoms with Crippen LogP contribution in [0.5, 0.6) is 0 Å². The number of benzene rings is 9. The van der Waals surface area contributed by atoms with Gasteiger partial charge in [-0.2, -0.15) is 0 Å². The first-order chi connectivity index (χ1) is 35.6. The molecule has 9 aromatic rings. The Balaban J connectivity index is 1.29. The Kier molecular flexibility index (Phi) is 12.1. The van der Waals surface area contributed by atoms with Crippen LogP contribution in [-0.2, 0) is 21.7 Å². The summed E-state index contributed by atoms with van der Waals surface area (Å²) in [5.74, 6) is 0. The summed E-state index contributed by atoms with van der Waals surface area (Å²) in [7, 11) is 0. The van der Waals surface area contributed by atoms with E-state index in [2.05, 4.69) is 295 Å². The number of hydrogen-bond donors (Lipinski definition) is 0. The minimum atomic E-state index is -0.0839. The van der Waals surface area contributed by atoms with Gasteiger partial charge in [-0.3, -0.25) is 0 Å². The van der Waals surface area contributed by atoms with Crippen molar-refractivity contribution in [3.63, 3.8) is 0 Å². The van der Waals surface area contributed by atoms with Crippen molar-refractivity contribution in [2.45, 2.75) is 119 Å². The second-order valence-electron chi connectivity index (χ2n) is 25.7. The highest BCUT2D eigenvalue weighted by Crippen LogP contribution is 2.53. The number of nitrogens with zero attached hydrogens (tertiary/aromatic N) is 2. The lowest BCUT2D eigenvalue weighted by atomic mass is 9.33. The average molecular weight is 977 g/mol. The van der Waals surface area contributed by atoms with Crippen molar-refractivity contribution in [1.82, 2.24) is 0 Å². The monoisotopic (exact) mass is 977 g/mol. The Labute approximate surface area is 449 Å². The van der Waals surface area contributed by atoms with Gasteiger partial charge < -0.3 is 9.80 Å². The van der Waals surface area contributed by atoms with E-state index in [1.807, 2.05) is 0 Å². The standard InChI is InChI=1S/C72H73BN2/c1-46-40-56(48-22-17-15-18-23-48)67(58(42-46)50-28-32-52(33-29-50)69(3,4)5)74-62-38-36-54(71(9,10)11)44-60(62)73-61-45-55(72(12,13)14)37-39-63(61)75(65-27-21-26-64(74)66(65)73)68-57(49-24-19-16-20-25-49)41-47(2)43-59(68)51-30-34-53(35-31-51)70(6,7)8/h15-45H,1-14H3. The quantitative estimate of drug-likeness (QED) is 0.153. The molecule has 0 radical (unpaired) electrons. The lowest BCUT2D eigenvalue weighted by Crippen LogP contribution is -2.61. The summed E-state index contributed by atoms with van der Waals surface area (Å²) in [5, 5.41) is 0. The van der Waals surface area contributed by atoms with Crippen molar-refractivity contribution < 1.29 is 0 Å². The molecule has 0 aromatic heterocycles. The smallest absolute Gasteiger partial charge is 0.252 e. The average Bonchev–Trinajstić information content (AvgIpc) is 3.41. The van der Waals surface area contributed by atoms with Crippen LogP contribution in [0.15, 0.2) is 188 Å². The van der Waals surface area contributed by atoms with Crippen molar-refractivity contribution in [3.05, 3.63) is 221 Å². The molecule has 2 aliphatic rings. The molecule has 0 amide bonds. The maximum atomic E-state index is 2.65. The van der Waals surface area contributed by atoms with E-state index in [0.717, 1.165) is 0 Å². The maximum Gasteiger partial charge on any atom is 0.252 e. The van der Waals surface area contributed by atoms with Gasteiger partial charge in [-0.15, -0.1) is 0 Å². The van der Waals surface area contributed by atoms with Crippen LogP contribution < -0.4 is 26.2 Å². The zero-order valence-electron chi connectivity index (χ0n) is 46.9. The van der Waals surface area contributed by atoms with Gasteiger partial charge in [0.25, 0.3) is 6.71 Å². The summed E-state index contributed by atoms with van der Waals surface area (Å²) >= 11 is 0. The van der Waals surface area contributed by atoms with Crippen LogP contribution in [0.1, 0.15) is 116 Å². The van der Waals surface area contributed by atoms with Gasteiger partial charge in [-0.1, -0.05) is 223 Å². The Bertz CT molecular complexity index is 3390. The topological polar surface area (TPSA) is 6.48 Å². The molecule has 3 heteroatoms. The molecule has 0 aliphatic carbocycles. The Hall–Kier alpha value is -7.36. The molecule has 0 atom stereocenters. The molecular weight excluding hydrogens is 904 g/mol. The van der Waals surface area contributed by atoms with Crippen molar-refractivity contribution in [3.8, 4) is 44.5 Å². The predicted octanol–water partition coefficient (Wildman–Crippen LogP) is 18.2. The molecule has 2 nitrogen and oxygen atoms in total. The maximum absolute atomic E-state index is 2.65. The highest BCUT2D eigenvalue weighted by Gasteiger charge is 2.45. The van der Waals surface area contributed by atoms with Gasteiger partial charge in [-0.05, 0) is 156 Å². The van der Waals surface area contributed by atoms with Crippen LogP contribution in [0.2, 0.25) is 0 Å². The molecule has 0 saturated heterocycles. The molecule has 0 unspecified atom stereocenters. The molecule has 2 heterocycles. The molecule has 0 bridgehead atoms. The SMILES string of the molecule is Cc1cc(-c2ccccc2)c(N2c3ccc(C(C)(C)C)cc3B3c4cc(C(C)(C)C)ccc4N(c4c(-c5ccccc5)cc(C)cc4-c4ccc(C(C)(C)C)cc4)c4cccc2c43)c(-c2ccc(C(C)(C)C)cc2)c1. The first kappa shape index (κ1) is 49.8. The molecule has 0 saturated carbocycles. The van der Waals surface area contributed by atoms with E-state index < -0.39 is 0 Å². The van der Waals surface area contributed by atoms with E-state index in [4.69, 9.17) is 0 Å². The fourth-order valence-electron chi connectivity index (χ4n) is 11.8. The van der Waals surface area contributed by atoms with Gasteiger partial charge in [0.2, 0.25) is 0 Å². The van der Waals surface area contributed by atoms with Crippen LogP contribution in [0.25, 0.3) is 44.5 Å². The van der Waals surface area contributed by atoms with Gasteiger partial charge in [0.15, 0.2) is 0 Å². The summed E-state index contributed by atoms with van der Waals surface area (Å²) in [6.07, 6.45) is 0. The molecule has 75 heavy (non-hydrogen) atoms. The van der Waals surface area contributed by atoms with Crippen molar-refractivity contribution in [2.24, 2.45) is 0 Å². The molecule has 0 N–H and O–H groups in total. The van der Waals surface area contributed by atoms with E-state index in [1.54, 1.807) is 0 Å². The van der Waals surface area contributed by atoms with Crippen molar-refractivity contribution in [1.29, 1.82) is 0 Å². The summed E-state index contributed by atoms with van der Waals surface area (Å²) < 4.78 is 0. The fraction of sp³-hybridized carbons (Fsp3) is 0.250. The number of rotatable bonds is 6. The van der Waals surface area contributed by atoms with Crippen LogP contribution >= 0.6 is 0 Å². The van der Waals surface area contributed by atoms with Gasteiger partial charge in [-0.25, -0.2) is 0 Å². The third-order valence-corrected chi connectivity index (χ3v) is 16.0. The van der Waals surface area contributed by atoms with Crippen LogP contribution in [-0.4, -0.2) is 6.71 Å². The minimum absolute atomic E-state index is 0.0282. The van der Waals surface area contributed by atoms with E-state index in [1.165, 1.54) is 128 Å². The second kappa shape index (κ2) is 18.2. The number of anilines is 6. The first-order valence-electron chi connectivity index (χ1n) is 27.2.